The monoisotopic (exact) mass is 535 g/mol. The van der Waals surface area contributed by atoms with Crippen LogP contribution in [0.1, 0.15) is 32.3 Å². The number of carbonyl (C=O) groups is 3. The van der Waals surface area contributed by atoms with E-state index in [-0.39, 0.29) is 15.7 Å². The van der Waals surface area contributed by atoms with Crippen molar-refractivity contribution in [2.75, 3.05) is 32.8 Å². The van der Waals surface area contributed by atoms with Crippen molar-refractivity contribution in [1.29, 1.82) is 0 Å². The van der Waals surface area contributed by atoms with E-state index in [2.05, 4.69) is 0 Å². The van der Waals surface area contributed by atoms with E-state index in [1.54, 1.807) is 18.1 Å². The minimum absolute atomic E-state index is 0.134. The summed E-state index contributed by atoms with van der Waals surface area (Å²) in [6.45, 7) is 4.32. The summed E-state index contributed by atoms with van der Waals surface area (Å²) >= 11 is 8.20. The Morgan fingerprint density at radius 1 is 1.09 bits per heavy atom. The number of hydrogen-bond acceptors (Lipinski definition) is 10. The zero-order valence-corrected chi connectivity index (χ0v) is 22.4. The number of thiocarbonyl (C=S) groups is 1. The van der Waals surface area contributed by atoms with Crippen LogP contribution in [0, 0.1) is 0 Å². The summed E-state index contributed by atoms with van der Waals surface area (Å²) in [7, 11) is 4.06. The second-order valence-electron chi connectivity index (χ2n) is 8.45. The molecule has 11 heteroatoms. The number of amides is 1. The number of methoxy groups -OCH3 is 3. The van der Waals surface area contributed by atoms with Crippen molar-refractivity contribution in [2.45, 2.75) is 38.3 Å². The average molecular weight is 536 g/mol. The molecule has 0 aromatic heterocycles. The highest BCUT2D eigenvalue weighted by atomic mass is 32.2. The molecule has 3 aliphatic heterocycles. The molecule has 8 nitrogen and oxygen atoms in total. The number of benzene rings is 1. The van der Waals surface area contributed by atoms with E-state index in [0.717, 1.165) is 29.9 Å². The van der Waals surface area contributed by atoms with Crippen molar-refractivity contribution in [3.63, 3.8) is 0 Å². The highest BCUT2D eigenvalue weighted by Gasteiger charge is 2.48. The topological polar surface area (TPSA) is 91.4 Å². The maximum absolute atomic E-state index is 13.6. The minimum atomic E-state index is -0.886. The first-order valence-corrected chi connectivity index (χ1v) is 12.9. The number of hydrogen-bond donors (Lipinski definition) is 0. The second-order valence-corrected chi connectivity index (χ2v) is 11.2. The SMILES string of the molecule is COC(=O)C1=C(C(=O)OC)SC(=C2C(=S)C(C)(C)N(C(=O)[C@@H]3CCCO3)c3ccc(OC)cc32)S1. The van der Waals surface area contributed by atoms with Gasteiger partial charge in [-0.25, -0.2) is 9.59 Å². The molecule has 1 atom stereocenters. The van der Waals surface area contributed by atoms with Gasteiger partial charge in [-0.2, -0.15) is 0 Å². The fourth-order valence-corrected chi connectivity index (χ4v) is 7.27. The Kier molecular flexibility index (Phi) is 7.33. The average Bonchev–Trinajstić information content (AvgIpc) is 3.54. The van der Waals surface area contributed by atoms with E-state index in [4.69, 9.17) is 31.2 Å². The molecule has 0 radical (unpaired) electrons. The summed E-state index contributed by atoms with van der Waals surface area (Å²) in [5.74, 6) is -0.849. The first-order chi connectivity index (χ1) is 16.6. The van der Waals surface area contributed by atoms with Crippen LogP contribution in [0.5, 0.6) is 5.75 Å². The third-order valence-electron chi connectivity index (χ3n) is 6.02. The third-order valence-corrected chi connectivity index (χ3v) is 9.28. The number of nitrogens with zero attached hydrogens (tertiary/aromatic N) is 1. The van der Waals surface area contributed by atoms with Gasteiger partial charge in [0.05, 0.1) is 41.7 Å². The molecule has 0 saturated carbocycles. The lowest BCUT2D eigenvalue weighted by Gasteiger charge is -2.46. The van der Waals surface area contributed by atoms with Crippen LogP contribution in [0.4, 0.5) is 5.69 Å². The number of fused-ring (bicyclic) bond motifs is 1. The Hall–Kier alpha value is -2.34. The molecule has 1 amide bonds. The maximum Gasteiger partial charge on any atom is 0.346 e. The summed E-state index contributed by atoms with van der Waals surface area (Å²) in [5.41, 5.74) is 1.10. The summed E-state index contributed by atoms with van der Waals surface area (Å²) in [6.07, 6.45) is 0.943. The van der Waals surface area contributed by atoms with Crippen molar-refractivity contribution in [1.82, 2.24) is 0 Å². The van der Waals surface area contributed by atoms with Crippen LogP contribution in [0.2, 0.25) is 0 Å². The van der Waals surface area contributed by atoms with Crippen molar-refractivity contribution in [2.24, 2.45) is 0 Å². The zero-order valence-electron chi connectivity index (χ0n) is 20.0. The predicted octanol–water partition coefficient (Wildman–Crippen LogP) is 4.08. The largest absolute Gasteiger partial charge is 0.497 e. The standard InChI is InChI=1S/C24H25NO7S3/c1-24(2)19(33)16(23-34-17(21(27)30-4)18(35-23)22(28)31-5)13-11-12(29-3)8-9-14(13)25(24)20(26)15-7-6-10-32-15/h8-9,11,15H,6-7,10H2,1-5H3/t15-/m0/s1. The van der Waals surface area contributed by atoms with Gasteiger partial charge in [0.2, 0.25) is 0 Å². The van der Waals surface area contributed by atoms with E-state index >= 15 is 0 Å². The van der Waals surface area contributed by atoms with Crippen LogP contribution in [0.15, 0.2) is 32.2 Å². The number of ether oxygens (including phenoxy) is 4. The molecule has 186 valence electrons. The third kappa shape index (κ3) is 4.39. The van der Waals surface area contributed by atoms with Gasteiger partial charge in [0.1, 0.15) is 21.7 Å². The molecule has 1 saturated heterocycles. The Balaban J connectivity index is 1.90. The van der Waals surface area contributed by atoms with Crippen LogP contribution >= 0.6 is 35.7 Å². The Labute approximate surface area is 217 Å². The molecule has 0 N–H and O–H groups in total. The Morgan fingerprint density at radius 2 is 1.71 bits per heavy atom. The number of rotatable bonds is 4. The highest BCUT2D eigenvalue weighted by molar-refractivity contribution is 8.29. The van der Waals surface area contributed by atoms with Gasteiger partial charge < -0.3 is 18.9 Å². The van der Waals surface area contributed by atoms with Crippen molar-refractivity contribution in [3.8, 4) is 5.75 Å². The molecular weight excluding hydrogens is 510 g/mol. The van der Waals surface area contributed by atoms with E-state index in [0.29, 0.717) is 44.7 Å². The lowest BCUT2D eigenvalue weighted by molar-refractivity contribution is -0.138. The van der Waals surface area contributed by atoms with Gasteiger partial charge in [0, 0.05) is 17.7 Å². The molecule has 4 rings (SSSR count). The van der Waals surface area contributed by atoms with Gasteiger partial charge in [-0.3, -0.25) is 9.69 Å². The molecule has 35 heavy (non-hydrogen) atoms. The highest BCUT2D eigenvalue weighted by Crippen LogP contribution is 2.56. The molecule has 0 unspecified atom stereocenters. The number of thioether (sulfide) groups is 2. The van der Waals surface area contributed by atoms with Crippen LogP contribution < -0.4 is 9.64 Å². The minimum Gasteiger partial charge on any atom is -0.497 e. The fraction of sp³-hybridized carbons (Fsp3) is 0.417. The molecular formula is C24H25NO7S3. The smallest absolute Gasteiger partial charge is 0.346 e. The van der Waals surface area contributed by atoms with E-state index in [1.807, 2.05) is 26.0 Å². The van der Waals surface area contributed by atoms with Crippen LogP contribution in [0.3, 0.4) is 0 Å². The number of esters is 2. The summed E-state index contributed by atoms with van der Waals surface area (Å²) in [5, 5.41) is 0. The first kappa shape index (κ1) is 25.7. The van der Waals surface area contributed by atoms with Gasteiger partial charge in [-0.15, -0.1) is 0 Å². The molecule has 0 spiro atoms. The van der Waals surface area contributed by atoms with Crippen molar-refractivity contribution < 1.29 is 33.3 Å². The summed E-state index contributed by atoms with van der Waals surface area (Å²) in [4.78, 5) is 41.0. The van der Waals surface area contributed by atoms with Gasteiger partial charge in [-0.05, 0) is 44.9 Å². The van der Waals surface area contributed by atoms with Crippen LogP contribution in [-0.4, -0.2) is 62.3 Å². The molecule has 3 aliphatic rings. The van der Waals surface area contributed by atoms with Gasteiger partial charge >= 0.3 is 11.9 Å². The molecule has 0 aliphatic carbocycles. The second kappa shape index (κ2) is 9.96. The van der Waals surface area contributed by atoms with Crippen molar-refractivity contribution >= 4 is 69.7 Å². The molecule has 1 aromatic carbocycles. The van der Waals surface area contributed by atoms with E-state index in [1.165, 1.54) is 14.2 Å². The molecule has 1 fully saturated rings. The summed E-state index contributed by atoms with van der Waals surface area (Å²) in [6, 6.07) is 5.42. The first-order valence-electron chi connectivity index (χ1n) is 10.9. The molecule has 3 heterocycles. The van der Waals surface area contributed by atoms with Crippen molar-refractivity contribution in [3.05, 3.63) is 37.8 Å². The molecule has 1 aromatic rings. The normalized spacial score (nSPS) is 21.2. The number of anilines is 1. The Morgan fingerprint density at radius 3 is 2.23 bits per heavy atom. The van der Waals surface area contributed by atoms with Gasteiger partial charge in [-0.1, -0.05) is 35.7 Å². The van der Waals surface area contributed by atoms with Crippen LogP contribution in [0.25, 0.3) is 5.57 Å². The predicted molar refractivity (Wildman–Crippen MR) is 139 cm³/mol. The summed E-state index contributed by atoms with van der Waals surface area (Å²) < 4.78 is 21.6. The lowest BCUT2D eigenvalue weighted by atomic mass is 9.82. The fourth-order valence-electron chi connectivity index (χ4n) is 4.24. The maximum atomic E-state index is 13.6. The van der Waals surface area contributed by atoms with E-state index in [9.17, 15) is 14.4 Å². The van der Waals surface area contributed by atoms with Gasteiger partial charge in [0.15, 0.2) is 0 Å². The zero-order chi connectivity index (χ0) is 25.5. The molecule has 0 bridgehead atoms. The van der Waals surface area contributed by atoms with Crippen LogP contribution in [-0.2, 0) is 28.6 Å². The van der Waals surface area contributed by atoms with Gasteiger partial charge in [0.25, 0.3) is 5.91 Å². The lowest BCUT2D eigenvalue weighted by Crippen LogP contribution is -2.58. The number of carbonyl (C=O) groups excluding carboxylic acids is 3. The Bertz CT molecular complexity index is 1150. The quantitative estimate of drug-likeness (QED) is 0.319. The van der Waals surface area contributed by atoms with E-state index < -0.39 is 23.6 Å².